The van der Waals surface area contributed by atoms with E-state index in [1.54, 1.807) is 0 Å². The van der Waals surface area contributed by atoms with E-state index in [1.165, 1.54) is 40.2 Å². The summed E-state index contributed by atoms with van der Waals surface area (Å²) in [6.45, 7) is 9.99. The number of halogens is 1. The van der Waals surface area contributed by atoms with E-state index in [0.29, 0.717) is 28.1 Å². The first-order chi connectivity index (χ1) is 13.3. The topological polar surface area (TPSA) is 55.2 Å². The number of carbonyl (C=O) groups excluding carboxylic acids is 1. The van der Waals surface area contributed by atoms with Crippen LogP contribution in [0.3, 0.4) is 0 Å². The zero-order valence-electron chi connectivity index (χ0n) is 16.6. The summed E-state index contributed by atoms with van der Waals surface area (Å²) in [4.78, 5) is 34.7. The van der Waals surface area contributed by atoms with Crippen LogP contribution in [0, 0.1) is 19.7 Å². The molecule has 148 valence electrons. The van der Waals surface area contributed by atoms with E-state index < -0.39 is 5.82 Å². The lowest BCUT2D eigenvalue weighted by molar-refractivity contribution is 0.0968. The van der Waals surface area contributed by atoms with Gasteiger partial charge in [-0.15, -0.1) is 11.3 Å². The average molecular weight is 402 g/mol. The lowest BCUT2D eigenvalue weighted by Gasteiger charge is -2.20. The number of aromatic nitrogens is 2. The van der Waals surface area contributed by atoms with E-state index in [-0.39, 0.29) is 17.9 Å². The zero-order chi connectivity index (χ0) is 20.4. The molecule has 0 radical (unpaired) electrons. The molecule has 0 fully saturated rings. The number of nitrogens with zero attached hydrogens (tertiary/aromatic N) is 3. The Kier molecular flexibility index (Phi) is 6.05. The molecule has 3 aromatic rings. The van der Waals surface area contributed by atoms with Gasteiger partial charge in [0.15, 0.2) is 5.78 Å². The maximum atomic E-state index is 13.3. The van der Waals surface area contributed by atoms with Gasteiger partial charge in [0.2, 0.25) is 0 Å². The molecule has 7 heteroatoms. The molecule has 0 amide bonds. The van der Waals surface area contributed by atoms with Gasteiger partial charge in [-0.25, -0.2) is 9.37 Å². The number of thiophene rings is 1. The van der Waals surface area contributed by atoms with Crippen LogP contribution < -0.4 is 5.56 Å². The fourth-order valence-corrected chi connectivity index (χ4v) is 4.21. The van der Waals surface area contributed by atoms with E-state index in [2.05, 4.69) is 4.90 Å². The van der Waals surface area contributed by atoms with Crippen molar-refractivity contribution in [3.05, 3.63) is 62.3 Å². The molecule has 0 unspecified atom stereocenters. The summed E-state index contributed by atoms with van der Waals surface area (Å²) in [6, 6.07) is 5.39. The lowest BCUT2D eigenvalue weighted by Crippen LogP contribution is -2.33. The Labute approximate surface area is 167 Å². The third-order valence-electron chi connectivity index (χ3n) is 5.10. The largest absolute Gasteiger partial charge is 0.297 e. The Morgan fingerprint density at radius 2 is 1.82 bits per heavy atom. The van der Waals surface area contributed by atoms with Crippen molar-refractivity contribution in [2.75, 3.05) is 13.1 Å². The van der Waals surface area contributed by atoms with Crippen molar-refractivity contribution in [1.29, 1.82) is 0 Å². The molecule has 0 saturated heterocycles. The highest BCUT2D eigenvalue weighted by atomic mass is 32.1. The fraction of sp³-hybridized carbons (Fsp3) is 0.381. The van der Waals surface area contributed by atoms with Crippen molar-refractivity contribution in [3.8, 4) is 0 Å². The summed E-state index contributed by atoms with van der Waals surface area (Å²) in [5.41, 5.74) is 1.10. The van der Waals surface area contributed by atoms with Gasteiger partial charge >= 0.3 is 0 Å². The summed E-state index contributed by atoms with van der Waals surface area (Å²) in [5, 5.41) is 0.581. The molecule has 0 aliphatic heterocycles. The van der Waals surface area contributed by atoms with Crippen molar-refractivity contribution < 1.29 is 9.18 Å². The number of rotatable bonds is 7. The average Bonchev–Trinajstić information content (AvgIpc) is 2.96. The minimum absolute atomic E-state index is 0.113. The Morgan fingerprint density at radius 3 is 2.43 bits per heavy atom. The first kappa shape index (κ1) is 20.4. The maximum absolute atomic E-state index is 13.3. The Hall–Kier alpha value is -2.38. The van der Waals surface area contributed by atoms with Crippen molar-refractivity contribution in [3.63, 3.8) is 0 Å². The van der Waals surface area contributed by atoms with Gasteiger partial charge in [0, 0.05) is 10.4 Å². The van der Waals surface area contributed by atoms with Crippen molar-refractivity contribution in [2.45, 2.75) is 40.8 Å². The van der Waals surface area contributed by atoms with Gasteiger partial charge in [-0.3, -0.25) is 19.1 Å². The molecule has 28 heavy (non-hydrogen) atoms. The highest BCUT2D eigenvalue weighted by Gasteiger charge is 2.20. The molecule has 0 aliphatic rings. The van der Waals surface area contributed by atoms with Crippen molar-refractivity contribution in [1.82, 2.24) is 14.5 Å². The molecule has 3 rings (SSSR count). The van der Waals surface area contributed by atoms with Crippen LogP contribution in [0.25, 0.3) is 10.2 Å². The number of hydrogen-bond donors (Lipinski definition) is 0. The normalized spacial score (nSPS) is 11.5. The molecule has 2 heterocycles. The van der Waals surface area contributed by atoms with E-state index in [9.17, 15) is 14.0 Å². The summed E-state index contributed by atoms with van der Waals surface area (Å²) in [7, 11) is 0. The summed E-state index contributed by atoms with van der Waals surface area (Å²) < 4.78 is 14.6. The van der Waals surface area contributed by atoms with Crippen LogP contribution in [-0.2, 0) is 13.1 Å². The van der Waals surface area contributed by atoms with E-state index in [4.69, 9.17) is 4.98 Å². The minimum Gasteiger partial charge on any atom is -0.297 e. The van der Waals surface area contributed by atoms with Gasteiger partial charge in [-0.2, -0.15) is 0 Å². The first-order valence-corrected chi connectivity index (χ1v) is 10.2. The Morgan fingerprint density at radius 1 is 1.18 bits per heavy atom. The smallest absolute Gasteiger partial charge is 0.263 e. The van der Waals surface area contributed by atoms with Crippen molar-refractivity contribution in [2.24, 2.45) is 0 Å². The van der Waals surface area contributed by atoms with Crippen LogP contribution in [0.15, 0.2) is 29.1 Å². The van der Waals surface area contributed by atoms with Gasteiger partial charge < -0.3 is 0 Å². The highest BCUT2D eigenvalue weighted by Crippen LogP contribution is 2.26. The van der Waals surface area contributed by atoms with E-state index in [0.717, 1.165) is 23.5 Å². The molecule has 2 aromatic heterocycles. The number of ketones is 1. The third kappa shape index (κ3) is 3.91. The molecule has 0 atom stereocenters. The van der Waals surface area contributed by atoms with Gasteiger partial charge in [-0.05, 0) is 56.8 Å². The molecule has 0 saturated carbocycles. The van der Waals surface area contributed by atoms with Crippen LogP contribution in [0.5, 0.6) is 0 Å². The van der Waals surface area contributed by atoms with Gasteiger partial charge in [0.05, 0.1) is 18.5 Å². The van der Waals surface area contributed by atoms with Crippen LogP contribution in [0.4, 0.5) is 4.39 Å². The van der Waals surface area contributed by atoms with Gasteiger partial charge in [0.25, 0.3) is 5.56 Å². The number of carbonyl (C=O) groups is 1. The molecular weight excluding hydrogens is 377 g/mol. The number of aryl methyl sites for hydroxylation is 2. The predicted octanol–water partition coefficient (Wildman–Crippen LogP) is 3.94. The van der Waals surface area contributed by atoms with Crippen molar-refractivity contribution >= 4 is 27.3 Å². The summed E-state index contributed by atoms with van der Waals surface area (Å²) in [6.07, 6.45) is 0. The molecular formula is C21H24FN3O2S. The second-order valence-corrected chi connectivity index (χ2v) is 7.98. The van der Waals surface area contributed by atoms with Gasteiger partial charge in [0.1, 0.15) is 16.5 Å². The molecule has 5 nitrogen and oxygen atoms in total. The quantitative estimate of drug-likeness (QED) is 0.563. The third-order valence-corrected chi connectivity index (χ3v) is 6.20. The monoisotopic (exact) mass is 401 g/mol. The molecule has 1 aromatic carbocycles. The predicted molar refractivity (Wildman–Crippen MR) is 111 cm³/mol. The van der Waals surface area contributed by atoms with Crippen LogP contribution in [0.2, 0.25) is 0 Å². The van der Waals surface area contributed by atoms with Gasteiger partial charge in [-0.1, -0.05) is 13.8 Å². The highest BCUT2D eigenvalue weighted by molar-refractivity contribution is 7.18. The molecule has 0 spiro atoms. The summed E-state index contributed by atoms with van der Waals surface area (Å²) in [5.74, 6) is -0.0602. The lowest BCUT2D eigenvalue weighted by atomic mass is 10.1. The number of benzene rings is 1. The first-order valence-electron chi connectivity index (χ1n) is 9.36. The SMILES string of the molecule is CCN(CC)Cc1nc2sc(C)c(C)c2c(=O)n1CC(=O)c1ccc(F)cc1. The summed E-state index contributed by atoms with van der Waals surface area (Å²) >= 11 is 1.51. The second kappa shape index (κ2) is 8.32. The van der Waals surface area contributed by atoms with E-state index in [1.807, 2.05) is 27.7 Å². The number of Topliss-reactive ketones (excluding diaryl/α,β-unsaturated/α-hetero) is 1. The van der Waals surface area contributed by atoms with E-state index >= 15 is 0 Å². The Bertz CT molecular complexity index is 1070. The fourth-order valence-electron chi connectivity index (χ4n) is 3.17. The minimum atomic E-state index is -0.400. The standard InChI is InChI=1S/C21H24FN3O2S/c1-5-24(6-2)12-18-23-20-19(13(3)14(4)28-20)21(27)25(18)11-17(26)15-7-9-16(22)10-8-15/h7-10H,5-6,11-12H2,1-4H3. The second-order valence-electron chi connectivity index (χ2n) is 6.77. The molecule has 0 bridgehead atoms. The van der Waals surface area contributed by atoms with Crippen LogP contribution in [-0.4, -0.2) is 33.3 Å². The molecule has 0 N–H and O–H groups in total. The van der Waals surface area contributed by atoms with Crippen LogP contribution >= 0.6 is 11.3 Å². The van der Waals surface area contributed by atoms with Crippen LogP contribution in [0.1, 0.15) is 40.5 Å². The Balaban J connectivity index is 2.10. The number of fused-ring (bicyclic) bond motifs is 1. The number of hydrogen-bond acceptors (Lipinski definition) is 5. The zero-order valence-corrected chi connectivity index (χ0v) is 17.4. The maximum Gasteiger partial charge on any atom is 0.263 e. The molecule has 0 aliphatic carbocycles.